The van der Waals surface area contributed by atoms with Gasteiger partial charge in [0.2, 0.25) is 0 Å². The summed E-state index contributed by atoms with van der Waals surface area (Å²) >= 11 is 0. The van der Waals surface area contributed by atoms with E-state index in [0.717, 1.165) is 17.2 Å². The number of hydrogen-bond donors (Lipinski definition) is 1. The lowest BCUT2D eigenvalue weighted by Gasteiger charge is -2.50. The molecule has 1 aliphatic heterocycles. The number of hydrogen-bond acceptors (Lipinski definition) is 2. The van der Waals surface area contributed by atoms with Gasteiger partial charge in [0.25, 0.3) is 0 Å². The Kier molecular flexibility index (Phi) is 6.10. The molecule has 1 heterocycles. The zero-order chi connectivity index (χ0) is 23.0. The molecule has 2 nitrogen and oxygen atoms in total. The SMILES string of the molecule is CC(C)(O)C(c1cc(F)cc(F)c1)C1CN(C(c2ccc(F)cc2)c2ccc(F)cc2)C1. The molecule has 32 heavy (non-hydrogen) atoms. The minimum absolute atomic E-state index is 0.0559. The first-order valence-electron chi connectivity index (χ1n) is 10.5. The van der Waals surface area contributed by atoms with Gasteiger partial charge < -0.3 is 5.11 Å². The lowest BCUT2D eigenvalue weighted by molar-refractivity contribution is -0.0309. The van der Waals surface area contributed by atoms with Gasteiger partial charge in [0.1, 0.15) is 23.3 Å². The Labute approximate surface area is 185 Å². The van der Waals surface area contributed by atoms with Crippen molar-refractivity contribution >= 4 is 0 Å². The summed E-state index contributed by atoms with van der Waals surface area (Å²) in [6, 6.07) is 15.5. The fourth-order valence-electron chi connectivity index (χ4n) is 4.89. The number of halogens is 4. The maximum absolute atomic E-state index is 13.9. The van der Waals surface area contributed by atoms with E-state index in [-0.39, 0.29) is 23.6 Å². The summed E-state index contributed by atoms with van der Waals surface area (Å²) in [5.74, 6) is -2.58. The zero-order valence-corrected chi connectivity index (χ0v) is 17.9. The molecule has 0 spiro atoms. The molecule has 1 fully saturated rings. The predicted octanol–water partition coefficient (Wildman–Crippen LogP) is 5.82. The van der Waals surface area contributed by atoms with Gasteiger partial charge >= 0.3 is 0 Å². The third kappa shape index (κ3) is 4.71. The van der Waals surface area contributed by atoms with Crippen LogP contribution in [0, 0.1) is 29.2 Å². The molecule has 0 amide bonds. The third-order valence-corrected chi connectivity index (χ3v) is 6.15. The Hall–Kier alpha value is -2.70. The van der Waals surface area contributed by atoms with Crippen molar-refractivity contribution in [2.45, 2.75) is 31.4 Å². The fraction of sp³-hybridized carbons (Fsp3) is 0.308. The molecule has 0 saturated carbocycles. The van der Waals surface area contributed by atoms with Crippen LogP contribution >= 0.6 is 0 Å². The van der Waals surface area contributed by atoms with Crippen LogP contribution in [0.2, 0.25) is 0 Å². The average Bonchev–Trinajstić information content (AvgIpc) is 2.67. The quantitative estimate of drug-likeness (QED) is 0.486. The van der Waals surface area contributed by atoms with Crippen molar-refractivity contribution in [2.75, 3.05) is 13.1 Å². The summed E-state index contributed by atoms with van der Waals surface area (Å²) in [6.45, 7) is 4.37. The third-order valence-electron chi connectivity index (χ3n) is 6.15. The molecule has 0 aliphatic carbocycles. The molecule has 6 heteroatoms. The molecule has 1 atom stereocenters. The number of rotatable bonds is 6. The minimum atomic E-state index is -1.20. The first kappa shape index (κ1) is 22.5. The van der Waals surface area contributed by atoms with E-state index in [4.69, 9.17) is 0 Å². The van der Waals surface area contributed by atoms with Crippen molar-refractivity contribution in [1.29, 1.82) is 0 Å². The average molecular weight is 443 g/mol. The molecule has 3 aromatic carbocycles. The lowest BCUT2D eigenvalue weighted by atomic mass is 9.71. The van der Waals surface area contributed by atoms with Crippen LogP contribution in [0.4, 0.5) is 17.6 Å². The van der Waals surface area contributed by atoms with Crippen LogP contribution in [0.15, 0.2) is 66.7 Å². The summed E-state index contributed by atoms with van der Waals surface area (Å²) < 4.78 is 54.8. The lowest BCUT2D eigenvalue weighted by Crippen LogP contribution is -2.54. The second-order valence-electron chi connectivity index (χ2n) is 9.05. The largest absolute Gasteiger partial charge is 0.390 e. The highest BCUT2D eigenvalue weighted by atomic mass is 19.1. The summed E-state index contributed by atoms with van der Waals surface area (Å²) in [5, 5.41) is 10.8. The summed E-state index contributed by atoms with van der Waals surface area (Å²) in [6.07, 6.45) is 0. The van der Waals surface area contributed by atoms with Crippen molar-refractivity contribution in [2.24, 2.45) is 5.92 Å². The molecule has 3 aromatic rings. The molecular formula is C26H25F4NO. The Bertz CT molecular complexity index is 1000. The summed E-state index contributed by atoms with van der Waals surface area (Å²) in [7, 11) is 0. The maximum Gasteiger partial charge on any atom is 0.126 e. The van der Waals surface area contributed by atoms with Crippen LogP contribution in [-0.4, -0.2) is 28.7 Å². The van der Waals surface area contributed by atoms with Gasteiger partial charge in [-0.15, -0.1) is 0 Å². The van der Waals surface area contributed by atoms with E-state index in [1.165, 1.54) is 36.4 Å². The molecule has 1 saturated heterocycles. The molecule has 1 N–H and O–H groups in total. The van der Waals surface area contributed by atoms with Gasteiger partial charge in [-0.2, -0.15) is 0 Å². The van der Waals surface area contributed by atoms with Crippen molar-refractivity contribution in [1.82, 2.24) is 4.90 Å². The van der Waals surface area contributed by atoms with Gasteiger partial charge in [-0.1, -0.05) is 24.3 Å². The van der Waals surface area contributed by atoms with E-state index < -0.39 is 23.2 Å². The van der Waals surface area contributed by atoms with Gasteiger partial charge in [0.15, 0.2) is 0 Å². The van der Waals surface area contributed by atoms with Gasteiger partial charge in [-0.3, -0.25) is 4.90 Å². The van der Waals surface area contributed by atoms with Gasteiger partial charge in [0.05, 0.1) is 11.6 Å². The van der Waals surface area contributed by atoms with E-state index >= 15 is 0 Å². The van der Waals surface area contributed by atoms with Crippen LogP contribution in [-0.2, 0) is 0 Å². The topological polar surface area (TPSA) is 23.5 Å². The van der Waals surface area contributed by atoms with Crippen LogP contribution < -0.4 is 0 Å². The highest BCUT2D eigenvalue weighted by molar-refractivity contribution is 5.34. The number of nitrogens with zero attached hydrogens (tertiary/aromatic N) is 1. The molecular weight excluding hydrogens is 418 g/mol. The molecule has 1 unspecified atom stereocenters. The predicted molar refractivity (Wildman–Crippen MR) is 115 cm³/mol. The van der Waals surface area contributed by atoms with Crippen LogP contribution in [0.3, 0.4) is 0 Å². The Morgan fingerprint density at radius 1 is 0.719 bits per heavy atom. The standard InChI is InChI=1S/C26H25F4NO/c1-26(2,32)24(18-11-22(29)13-23(30)12-18)19-14-31(15-19)25(16-3-7-20(27)8-4-16)17-5-9-21(28)10-6-17/h3-13,19,24-25,32H,14-15H2,1-2H3. The van der Waals surface area contributed by atoms with Crippen LogP contribution in [0.5, 0.6) is 0 Å². The maximum atomic E-state index is 13.9. The van der Waals surface area contributed by atoms with Crippen LogP contribution in [0.1, 0.15) is 42.5 Å². The van der Waals surface area contributed by atoms with E-state index in [1.54, 1.807) is 38.1 Å². The van der Waals surface area contributed by atoms with Crippen molar-refractivity contribution in [3.8, 4) is 0 Å². The Morgan fingerprint density at radius 3 is 1.56 bits per heavy atom. The fourth-order valence-corrected chi connectivity index (χ4v) is 4.89. The van der Waals surface area contributed by atoms with Gasteiger partial charge in [-0.25, -0.2) is 17.6 Å². The molecule has 1 aliphatic rings. The normalized spacial score (nSPS) is 16.2. The Balaban J connectivity index is 1.63. The van der Waals surface area contributed by atoms with E-state index in [9.17, 15) is 22.7 Å². The first-order chi connectivity index (χ1) is 15.1. The van der Waals surface area contributed by atoms with E-state index in [1.807, 2.05) is 0 Å². The second-order valence-corrected chi connectivity index (χ2v) is 9.05. The van der Waals surface area contributed by atoms with E-state index in [2.05, 4.69) is 4.90 Å². The van der Waals surface area contributed by atoms with Gasteiger partial charge in [0, 0.05) is 25.1 Å². The Morgan fingerprint density at radius 2 is 1.16 bits per heavy atom. The molecule has 4 rings (SSSR count). The van der Waals surface area contributed by atoms with Crippen molar-refractivity contribution < 1.29 is 22.7 Å². The molecule has 0 bridgehead atoms. The molecule has 168 valence electrons. The molecule has 0 radical (unpaired) electrons. The zero-order valence-electron chi connectivity index (χ0n) is 17.9. The second kappa shape index (κ2) is 8.68. The number of aliphatic hydroxyl groups is 1. The molecule has 0 aromatic heterocycles. The van der Waals surface area contributed by atoms with Gasteiger partial charge in [-0.05, 0) is 72.9 Å². The smallest absolute Gasteiger partial charge is 0.126 e. The highest BCUT2D eigenvalue weighted by Crippen LogP contribution is 2.44. The summed E-state index contributed by atoms with van der Waals surface area (Å²) in [5.41, 5.74) is 0.930. The van der Waals surface area contributed by atoms with Crippen molar-refractivity contribution in [3.05, 3.63) is 107 Å². The highest BCUT2D eigenvalue weighted by Gasteiger charge is 2.44. The number of likely N-dealkylation sites (tertiary alicyclic amines) is 1. The summed E-state index contributed by atoms with van der Waals surface area (Å²) in [4.78, 5) is 2.14. The van der Waals surface area contributed by atoms with Crippen molar-refractivity contribution in [3.63, 3.8) is 0 Å². The number of benzene rings is 3. The minimum Gasteiger partial charge on any atom is -0.390 e. The monoisotopic (exact) mass is 443 g/mol. The van der Waals surface area contributed by atoms with Crippen LogP contribution in [0.25, 0.3) is 0 Å². The first-order valence-corrected chi connectivity index (χ1v) is 10.5. The van der Waals surface area contributed by atoms with E-state index in [0.29, 0.717) is 18.7 Å².